The van der Waals surface area contributed by atoms with Gasteiger partial charge in [0.2, 0.25) is 0 Å². The second-order valence-corrected chi connectivity index (χ2v) is 8.31. The van der Waals surface area contributed by atoms with Crippen LogP contribution >= 0.6 is 35.0 Å². The van der Waals surface area contributed by atoms with E-state index in [1.807, 2.05) is 12.1 Å². The molecule has 0 aliphatic carbocycles. The van der Waals surface area contributed by atoms with E-state index in [9.17, 15) is 0 Å². The van der Waals surface area contributed by atoms with Gasteiger partial charge in [-0.15, -0.1) is 0 Å². The van der Waals surface area contributed by atoms with E-state index in [1.165, 1.54) is 0 Å². The van der Waals surface area contributed by atoms with Gasteiger partial charge in [-0.2, -0.15) is 0 Å². The molecule has 1 aromatic carbocycles. The quantitative estimate of drug-likeness (QED) is 0.636. The molecule has 0 bridgehead atoms. The molecule has 24 heavy (non-hydrogen) atoms. The van der Waals surface area contributed by atoms with Crippen LogP contribution in [0.15, 0.2) is 28.1 Å². The van der Waals surface area contributed by atoms with E-state index in [1.54, 1.807) is 17.8 Å². The minimum Gasteiger partial charge on any atom is -0.396 e. The zero-order valence-corrected chi connectivity index (χ0v) is 16.8. The Morgan fingerprint density at radius 3 is 2.25 bits per heavy atom. The van der Waals surface area contributed by atoms with Crippen LogP contribution in [0.3, 0.4) is 0 Å². The van der Waals surface area contributed by atoms with Crippen molar-refractivity contribution in [2.75, 3.05) is 6.61 Å². The van der Waals surface area contributed by atoms with Crippen LogP contribution in [0.1, 0.15) is 57.6 Å². The van der Waals surface area contributed by atoms with Crippen LogP contribution in [0.5, 0.6) is 0 Å². The Bertz CT molecular complexity index is 678. The van der Waals surface area contributed by atoms with Crippen LogP contribution in [0, 0.1) is 0 Å². The van der Waals surface area contributed by atoms with E-state index in [-0.39, 0.29) is 12.6 Å². The highest BCUT2D eigenvalue weighted by molar-refractivity contribution is 7.99. The van der Waals surface area contributed by atoms with Crippen LogP contribution < -0.4 is 0 Å². The lowest BCUT2D eigenvalue weighted by atomic mass is 10.1. The number of aromatic nitrogens is 2. The van der Waals surface area contributed by atoms with Gasteiger partial charge >= 0.3 is 0 Å². The first-order valence-electron chi connectivity index (χ1n) is 8.19. The molecule has 1 N–H and O–H groups in total. The predicted molar refractivity (Wildman–Crippen MR) is 103 cm³/mol. The maximum atomic E-state index is 9.17. The molecule has 0 spiro atoms. The van der Waals surface area contributed by atoms with Crippen LogP contribution in [-0.2, 0) is 6.42 Å². The van der Waals surface area contributed by atoms with Gasteiger partial charge in [-0.05, 0) is 44.4 Å². The average Bonchev–Trinajstić information content (AvgIpc) is 2.82. The lowest BCUT2D eigenvalue weighted by Gasteiger charge is -2.16. The molecule has 2 aromatic rings. The minimum absolute atomic E-state index is 0.175. The molecule has 0 aliphatic rings. The Hall–Kier alpha value is -0.680. The highest BCUT2D eigenvalue weighted by Gasteiger charge is 2.22. The summed E-state index contributed by atoms with van der Waals surface area (Å²) < 4.78 is 2.27. The number of rotatable bonds is 7. The van der Waals surface area contributed by atoms with Crippen molar-refractivity contribution in [1.82, 2.24) is 9.55 Å². The van der Waals surface area contributed by atoms with Crippen LogP contribution in [0.25, 0.3) is 0 Å². The van der Waals surface area contributed by atoms with Crippen molar-refractivity contribution in [2.24, 2.45) is 0 Å². The van der Waals surface area contributed by atoms with E-state index in [4.69, 9.17) is 33.3 Å². The maximum Gasteiger partial charge on any atom is 0.110 e. The van der Waals surface area contributed by atoms with Crippen molar-refractivity contribution in [1.29, 1.82) is 0 Å². The molecule has 0 aliphatic heterocycles. The Kier molecular flexibility index (Phi) is 7.05. The third-order valence-electron chi connectivity index (χ3n) is 3.64. The third-order valence-corrected chi connectivity index (χ3v) is 5.14. The van der Waals surface area contributed by atoms with Crippen LogP contribution in [0.2, 0.25) is 10.0 Å². The monoisotopic (exact) mass is 386 g/mol. The fourth-order valence-corrected chi connectivity index (χ4v) is 4.65. The van der Waals surface area contributed by atoms with Gasteiger partial charge in [0.05, 0.1) is 5.69 Å². The van der Waals surface area contributed by atoms with E-state index in [0.717, 1.165) is 27.9 Å². The fourth-order valence-electron chi connectivity index (χ4n) is 2.60. The van der Waals surface area contributed by atoms with Gasteiger partial charge < -0.3 is 9.67 Å². The average molecular weight is 387 g/mol. The van der Waals surface area contributed by atoms with Crippen molar-refractivity contribution < 1.29 is 5.11 Å². The van der Waals surface area contributed by atoms with E-state index < -0.39 is 0 Å². The fraction of sp³-hybridized carbons (Fsp3) is 0.500. The maximum absolute atomic E-state index is 9.17. The molecule has 0 atom stereocenters. The van der Waals surface area contributed by atoms with Crippen LogP contribution in [-0.4, -0.2) is 21.3 Å². The molecule has 0 amide bonds. The normalized spacial score (nSPS) is 11.7. The molecule has 1 heterocycles. The lowest BCUT2D eigenvalue weighted by molar-refractivity contribution is 0.286. The van der Waals surface area contributed by atoms with Gasteiger partial charge in [-0.25, -0.2) is 4.98 Å². The zero-order chi connectivity index (χ0) is 17.9. The zero-order valence-electron chi connectivity index (χ0n) is 14.5. The molecule has 0 saturated carbocycles. The summed E-state index contributed by atoms with van der Waals surface area (Å²) >= 11 is 13.9. The highest BCUT2D eigenvalue weighted by Crippen LogP contribution is 2.38. The molecule has 6 heteroatoms. The van der Waals surface area contributed by atoms with Crippen molar-refractivity contribution in [3.05, 3.63) is 39.8 Å². The van der Waals surface area contributed by atoms with Gasteiger partial charge in [0.15, 0.2) is 0 Å². The third kappa shape index (κ3) is 4.69. The summed E-state index contributed by atoms with van der Waals surface area (Å²) in [5.41, 5.74) is 1.08. The van der Waals surface area contributed by atoms with Crippen molar-refractivity contribution in [3.63, 3.8) is 0 Å². The number of aryl methyl sites for hydroxylation is 1. The van der Waals surface area contributed by atoms with Gasteiger partial charge in [-0.3, -0.25) is 0 Å². The van der Waals surface area contributed by atoms with Crippen molar-refractivity contribution in [2.45, 2.75) is 62.4 Å². The number of hydrogen-bond donors (Lipinski definition) is 1. The Balaban J connectivity index is 2.50. The van der Waals surface area contributed by atoms with Crippen molar-refractivity contribution >= 4 is 35.0 Å². The van der Waals surface area contributed by atoms with Gasteiger partial charge in [-0.1, -0.05) is 48.8 Å². The largest absolute Gasteiger partial charge is 0.396 e. The topological polar surface area (TPSA) is 38.1 Å². The van der Waals surface area contributed by atoms with Gasteiger partial charge in [0.25, 0.3) is 0 Å². The van der Waals surface area contributed by atoms with Gasteiger partial charge in [0, 0.05) is 34.0 Å². The second kappa shape index (κ2) is 8.61. The molecular weight excluding hydrogens is 363 g/mol. The SMILES string of the molecule is CC(C)c1nc(CCCO)n(C(C)C)c1Sc1cc(Cl)cc(Cl)c1. The standard InChI is InChI=1S/C18H24Cl2N2OS/c1-11(2)17-18(24-15-9-13(19)8-14(20)10-15)22(12(3)4)16(21-17)6-5-7-23/h8-12,23H,5-7H2,1-4H3. The van der Waals surface area contributed by atoms with Gasteiger partial charge in [0.1, 0.15) is 10.9 Å². The van der Waals surface area contributed by atoms with E-state index in [0.29, 0.717) is 22.4 Å². The molecule has 0 unspecified atom stereocenters. The predicted octanol–water partition coefficient (Wildman–Crippen LogP) is 5.97. The smallest absolute Gasteiger partial charge is 0.110 e. The molecule has 3 nitrogen and oxygen atoms in total. The molecule has 0 fully saturated rings. The summed E-state index contributed by atoms with van der Waals surface area (Å²) in [5, 5.41) is 11.6. The Morgan fingerprint density at radius 2 is 1.75 bits per heavy atom. The summed E-state index contributed by atoms with van der Waals surface area (Å²) in [6.07, 6.45) is 1.49. The van der Waals surface area contributed by atoms with Crippen LogP contribution in [0.4, 0.5) is 0 Å². The second-order valence-electron chi connectivity index (χ2n) is 6.37. The lowest BCUT2D eigenvalue weighted by Crippen LogP contribution is -2.08. The molecule has 2 rings (SSSR count). The first-order valence-corrected chi connectivity index (χ1v) is 9.76. The van der Waals surface area contributed by atoms with E-state index >= 15 is 0 Å². The molecular formula is C18H24Cl2N2OS. The molecule has 0 saturated heterocycles. The molecule has 132 valence electrons. The number of aliphatic hydroxyl groups excluding tert-OH is 1. The highest BCUT2D eigenvalue weighted by atomic mass is 35.5. The summed E-state index contributed by atoms with van der Waals surface area (Å²) in [6.45, 7) is 8.79. The number of hydrogen-bond acceptors (Lipinski definition) is 3. The minimum atomic E-state index is 0.175. The first-order chi connectivity index (χ1) is 11.3. The number of nitrogens with zero attached hydrogens (tertiary/aromatic N) is 2. The first kappa shape index (κ1) is 19.6. The number of aliphatic hydroxyl groups is 1. The Morgan fingerprint density at radius 1 is 1.12 bits per heavy atom. The number of halogens is 2. The Labute approximate surface area is 158 Å². The molecule has 0 radical (unpaired) electrons. The number of imidazole rings is 1. The van der Waals surface area contributed by atoms with Crippen molar-refractivity contribution in [3.8, 4) is 0 Å². The number of benzene rings is 1. The summed E-state index contributed by atoms with van der Waals surface area (Å²) in [7, 11) is 0. The summed E-state index contributed by atoms with van der Waals surface area (Å²) in [4.78, 5) is 5.88. The molecule has 1 aromatic heterocycles. The van der Waals surface area contributed by atoms with E-state index in [2.05, 4.69) is 32.3 Å². The summed E-state index contributed by atoms with van der Waals surface area (Å²) in [6, 6.07) is 5.87. The summed E-state index contributed by atoms with van der Waals surface area (Å²) in [5.74, 6) is 1.34.